The second kappa shape index (κ2) is 6.05. The van der Waals surface area contributed by atoms with Crippen LogP contribution in [0.4, 0.5) is 0 Å². The van der Waals surface area contributed by atoms with Crippen LogP contribution in [0.5, 0.6) is 5.75 Å². The van der Waals surface area contributed by atoms with Gasteiger partial charge in [-0.1, -0.05) is 37.6 Å². The van der Waals surface area contributed by atoms with Crippen LogP contribution in [0.15, 0.2) is 34.9 Å². The molecule has 1 atom stereocenters. The molecule has 1 aliphatic rings. The Morgan fingerprint density at radius 3 is 2.95 bits per heavy atom. The van der Waals surface area contributed by atoms with Gasteiger partial charge >= 0.3 is 0 Å². The molecule has 4 nitrogen and oxygen atoms in total. The second-order valence-corrected chi connectivity index (χ2v) is 6.08. The molecule has 5 heteroatoms. The third kappa shape index (κ3) is 2.71. The minimum absolute atomic E-state index is 0.107. The predicted molar refractivity (Wildman–Crippen MR) is 84.6 cm³/mol. The van der Waals surface area contributed by atoms with Crippen molar-refractivity contribution in [3.05, 3.63) is 52.4 Å². The fraction of sp³-hybridized carbons (Fsp3) is 0.353. The molecular formula is C17H18ClNO3. The summed E-state index contributed by atoms with van der Waals surface area (Å²) in [5.41, 5.74) is 1.51. The Labute approximate surface area is 134 Å². The van der Waals surface area contributed by atoms with Crippen LogP contribution in [0.1, 0.15) is 53.9 Å². The monoisotopic (exact) mass is 319 g/mol. The lowest BCUT2D eigenvalue weighted by molar-refractivity contribution is 0.0922. The number of hydrogen-bond acceptors (Lipinski definition) is 3. The molecule has 0 aliphatic carbocycles. The first-order valence-electron chi connectivity index (χ1n) is 7.37. The minimum atomic E-state index is -0.129. The van der Waals surface area contributed by atoms with E-state index in [1.807, 2.05) is 26.0 Å². The lowest BCUT2D eigenvalue weighted by Gasteiger charge is -2.27. The van der Waals surface area contributed by atoms with E-state index in [0.717, 1.165) is 5.56 Å². The summed E-state index contributed by atoms with van der Waals surface area (Å²) in [6.45, 7) is 4.53. The molecule has 2 heterocycles. The maximum atomic E-state index is 12.5. The number of carbonyl (C=O) groups is 1. The van der Waals surface area contributed by atoms with Gasteiger partial charge in [0, 0.05) is 17.9 Å². The third-order valence-corrected chi connectivity index (χ3v) is 4.09. The molecule has 1 aromatic carbocycles. The average Bonchev–Trinajstić information content (AvgIpc) is 2.98. The third-order valence-electron chi connectivity index (χ3n) is 3.80. The number of nitrogens with one attached hydrogen (secondary N) is 1. The second-order valence-electron chi connectivity index (χ2n) is 5.67. The van der Waals surface area contributed by atoms with E-state index in [0.29, 0.717) is 35.1 Å². The fourth-order valence-electron chi connectivity index (χ4n) is 2.73. The first-order valence-corrected chi connectivity index (χ1v) is 7.75. The van der Waals surface area contributed by atoms with Gasteiger partial charge in [0.1, 0.15) is 11.5 Å². The van der Waals surface area contributed by atoms with Crippen molar-refractivity contribution in [2.75, 3.05) is 6.61 Å². The Morgan fingerprint density at radius 1 is 1.36 bits per heavy atom. The van der Waals surface area contributed by atoms with Crippen molar-refractivity contribution in [2.24, 2.45) is 0 Å². The molecule has 2 aromatic rings. The molecule has 1 aliphatic heterocycles. The van der Waals surface area contributed by atoms with E-state index in [1.54, 1.807) is 18.4 Å². The highest BCUT2D eigenvalue weighted by atomic mass is 35.5. The number of fused-ring (bicyclic) bond motifs is 1. The van der Waals surface area contributed by atoms with Crippen LogP contribution < -0.4 is 10.1 Å². The van der Waals surface area contributed by atoms with Crippen molar-refractivity contribution in [3.63, 3.8) is 0 Å². The number of benzene rings is 1. The molecule has 116 valence electrons. The molecular weight excluding hydrogens is 302 g/mol. The highest BCUT2D eigenvalue weighted by Gasteiger charge is 2.26. The standard InChI is InChI=1S/C17H18ClNO3/c1-10(2)15-12(6-8-21-15)17(20)19-14-7-9-22-16-11(14)4-3-5-13(16)18/h3-6,8,10,14H,7,9H2,1-2H3,(H,19,20). The first-order chi connectivity index (χ1) is 10.6. The molecule has 1 unspecified atom stereocenters. The van der Waals surface area contributed by atoms with E-state index in [-0.39, 0.29) is 17.9 Å². The van der Waals surface area contributed by atoms with Crippen LogP contribution in [-0.2, 0) is 0 Å². The largest absolute Gasteiger partial charge is 0.492 e. The van der Waals surface area contributed by atoms with E-state index >= 15 is 0 Å². The van der Waals surface area contributed by atoms with Crippen molar-refractivity contribution in [1.29, 1.82) is 0 Å². The molecule has 1 N–H and O–H groups in total. The van der Waals surface area contributed by atoms with E-state index < -0.39 is 0 Å². The Morgan fingerprint density at radius 2 is 2.18 bits per heavy atom. The quantitative estimate of drug-likeness (QED) is 0.917. The van der Waals surface area contributed by atoms with E-state index in [4.69, 9.17) is 20.8 Å². The summed E-state index contributed by atoms with van der Waals surface area (Å²) in [7, 11) is 0. The van der Waals surface area contributed by atoms with Gasteiger partial charge in [-0.3, -0.25) is 4.79 Å². The number of para-hydroxylation sites is 1. The van der Waals surface area contributed by atoms with Gasteiger partial charge in [0.15, 0.2) is 0 Å². The SMILES string of the molecule is CC(C)c1occc1C(=O)NC1CCOc2c(Cl)cccc21. The number of carbonyl (C=O) groups excluding carboxylic acids is 1. The van der Waals surface area contributed by atoms with Gasteiger partial charge in [-0.15, -0.1) is 0 Å². The van der Waals surface area contributed by atoms with Gasteiger partial charge in [-0.2, -0.15) is 0 Å². The summed E-state index contributed by atoms with van der Waals surface area (Å²) in [4.78, 5) is 12.5. The zero-order valence-corrected chi connectivity index (χ0v) is 13.3. The molecule has 1 aromatic heterocycles. The van der Waals surface area contributed by atoms with Gasteiger partial charge in [-0.05, 0) is 12.1 Å². The van der Waals surface area contributed by atoms with Crippen LogP contribution in [0.25, 0.3) is 0 Å². The van der Waals surface area contributed by atoms with Crippen molar-refractivity contribution < 1.29 is 13.9 Å². The summed E-state index contributed by atoms with van der Waals surface area (Å²) < 4.78 is 11.0. The van der Waals surface area contributed by atoms with Crippen LogP contribution in [0, 0.1) is 0 Å². The maximum Gasteiger partial charge on any atom is 0.255 e. The highest BCUT2D eigenvalue weighted by molar-refractivity contribution is 6.32. The van der Waals surface area contributed by atoms with Gasteiger partial charge < -0.3 is 14.5 Å². The smallest absolute Gasteiger partial charge is 0.255 e. The number of rotatable bonds is 3. The number of ether oxygens (including phenoxy) is 1. The van der Waals surface area contributed by atoms with E-state index in [1.165, 1.54) is 0 Å². The molecule has 0 fully saturated rings. The molecule has 0 bridgehead atoms. The summed E-state index contributed by atoms with van der Waals surface area (Å²) in [5.74, 6) is 1.40. The molecule has 3 rings (SSSR count). The molecule has 0 saturated heterocycles. The average molecular weight is 320 g/mol. The minimum Gasteiger partial charge on any atom is -0.492 e. The van der Waals surface area contributed by atoms with Gasteiger partial charge in [-0.25, -0.2) is 0 Å². The van der Waals surface area contributed by atoms with Crippen LogP contribution in [0.3, 0.4) is 0 Å². The fourth-order valence-corrected chi connectivity index (χ4v) is 2.96. The van der Waals surface area contributed by atoms with Gasteiger partial charge in [0.05, 0.1) is 29.5 Å². The van der Waals surface area contributed by atoms with Crippen molar-refractivity contribution in [3.8, 4) is 5.75 Å². The van der Waals surface area contributed by atoms with Gasteiger partial charge in [0.2, 0.25) is 0 Å². The van der Waals surface area contributed by atoms with Gasteiger partial charge in [0.25, 0.3) is 5.91 Å². The zero-order valence-electron chi connectivity index (χ0n) is 12.6. The van der Waals surface area contributed by atoms with Crippen LogP contribution in [-0.4, -0.2) is 12.5 Å². The van der Waals surface area contributed by atoms with Crippen LogP contribution in [0.2, 0.25) is 5.02 Å². The number of hydrogen-bond donors (Lipinski definition) is 1. The Bertz CT molecular complexity index is 693. The summed E-state index contributed by atoms with van der Waals surface area (Å²) in [6, 6.07) is 7.20. The summed E-state index contributed by atoms with van der Waals surface area (Å²) in [5, 5.41) is 3.63. The molecule has 0 radical (unpaired) electrons. The Kier molecular flexibility index (Phi) is 4.12. The molecule has 0 saturated carbocycles. The first kappa shape index (κ1) is 15.0. The van der Waals surface area contributed by atoms with Crippen molar-refractivity contribution in [1.82, 2.24) is 5.32 Å². The van der Waals surface area contributed by atoms with Crippen LogP contribution >= 0.6 is 11.6 Å². The number of halogens is 1. The zero-order chi connectivity index (χ0) is 15.7. The maximum absolute atomic E-state index is 12.5. The lowest BCUT2D eigenvalue weighted by Crippen LogP contribution is -2.32. The lowest BCUT2D eigenvalue weighted by atomic mass is 9.99. The topological polar surface area (TPSA) is 51.5 Å². The normalized spacial score (nSPS) is 17.0. The van der Waals surface area contributed by atoms with Crippen molar-refractivity contribution >= 4 is 17.5 Å². The predicted octanol–water partition coefficient (Wildman–Crippen LogP) is 4.31. The van der Waals surface area contributed by atoms with Crippen molar-refractivity contribution in [2.45, 2.75) is 32.2 Å². The number of furan rings is 1. The highest BCUT2D eigenvalue weighted by Crippen LogP contribution is 2.37. The molecule has 1 amide bonds. The summed E-state index contributed by atoms with van der Waals surface area (Å²) >= 11 is 6.16. The number of amides is 1. The summed E-state index contributed by atoms with van der Waals surface area (Å²) in [6.07, 6.45) is 2.27. The Balaban J connectivity index is 1.84. The Hall–Kier alpha value is -1.94. The molecule has 0 spiro atoms. The molecule has 22 heavy (non-hydrogen) atoms. The van der Waals surface area contributed by atoms with E-state index in [9.17, 15) is 4.79 Å². The van der Waals surface area contributed by atoms with E-state index in [2.05, 4.69) is 5.32 Å².